The van der Waals surface area contributed by atoms with E-state index in [4.69, 9.17) is 5.73 Å². The third kappa shape index (κ3) is 1.88. The van der Waals surface area contributed by atoms with Gasteiger partial charge in [-0.05, 0) is 17.7 Å². The number of aryl methyl sites for hydroxylation is 1. The Bertz CT molecular complexity index is 502. The van der Waals surface area contributed by atoms with Crippen molar-refractivity contribution in [3.05, 3.63) is 42.2 Å². The first-order chi connectivity index (χ1) is 7.16. The maximum absolute atomic E-state index is 11.0. The quantitative estimate of drug-likeness (QED) is 0.793. The molecule has 0 radical (unpaired) electrons. The summed E-state index contributed by atoms with van der Waals surface area (Å²) in [5.74, 6) is -0.416. The molecule has 1 aromatic heterocycles. The Balaban J connectivity index is 2.45. The highest BCUT2D eigenvalue weighted by Gasteiger charge is 2.04. The van der Waals surface area contributed by atoms with E-state index in [1.165, 1.54) is 0 Å². The highest BCUT2D eigenvalue weighted by molar-refractivity contribution is 5.94. The van der Waals surface area contributed by atoms with Crippen LogP contribution < -0.4 is 5.73 Å². The van der Waals surface area contributed by atoms with E-state index in [0.29, 0.717) is 5.56 Å². The molecule has 0 spiro atoms. The van der Waals surface area contributed by atoms with E-state index < -0.39 is 5.91 Å². The fourth-order valence-corrected chi connectivity index (χ4v) is 1.42. The molecule has 0 bridgehead atoms. The lowest BCUT2D eigenvalue weighted by Crippen LogP contribution is -2.10. The largest absolute Gasteiger partial charge is 0.366 e. The summed E-state index contributed by atoms with van der Waals surface area (Å²) in [6.45, 7) is 0. The maximum atomic E-state index is 11.0. The molecular formula is C11H11N3O. The molecule has 1 amide bonds. The molecule has 0 saturated carbocycles. The van der Waals surface area contributed by atoms with Gasteiger partial charge in [0, 0.05) is 24.4 Å². The first kappa shape index (κ1) is 9.45. The zero-order valence-corrected chi connectivity index (χ0v) is 8.34. The van der Waals surface area contributed by atoms with Crippen molar-refractivity contribution in [3.8, 4) is 11.1 Å². The molecule has 4 nitrogen and oxygen atoms in total. The Labute approximate surface area is 87.3 Å². The molecule has 0 aliphatic carbocycles. The van der Waals surface area contributed by atoms with Crippen LogP contribution >= 0.6 is 0 Å². The Kier molecular flexibility index (Phi) is 2.25. The van der Waals surface area contributed by atoms with Crippen LogP contribution in [0.5, 0.6) is 0 Å². The van der Waals surface area contributed by atoms with Gasteiger partial charge in [-0.15, -0.1) is 0 Å². The van der Waals surface area contributed by atoms with Crippen molar-refractivity contribution in [2.75, 3.05) is 0 Å². The lowest BCUT2D eigenvalue weighted by molar-refractivity contribution is 0.100. The number of primary amides is 1. The van der Waals surface area contributed by atoms with Gasteiger partial charge in [-0.2, -0.15) is 5.10 Å². The van der Waals surface area contributed by atoms with Crippen molar-refractivity contribution in [1.29, 1.82) is 0 Å². The highest BCUT2D eigenvalue weighted by Crippen LogP contribution is 2.19. The summed E-state index contributed by atoms with van der Waals surface area (Å²) < 4.78 is 1.71. The predicted molar refractivity (Wildman–Crippen MR) is 57.2 cm³/mol. The third-order valence-electron chi connectivity index (χ3n) is 2.19. The van der Waals surface area contributed by atoms with Crippen molar-refractivity contribution < 1.29 is 4.79 Å². The number of nitrogens with zero attached hydrogens (tertiary/aromatic N) is 2. The number of amides is 1. The number of aromatic nitrogens is 2. The zero-order valence-electron chi connectivity index (χ0n) is 8.34. The van der Waals surface area contributed by atoms with Crippen LogP contribution in [0.3, 0.4) is 0 Å². The monoisotopic (exact) mass is 201 g/mol. The van der Waals surface area contributed by atoms with E-state index >= 15 is 0 Å². The van der Waals surface area contributed by atoms with Crippen LogP contribution in [0.15, 0.2) is 36.7 Å². The molecule has 0 atom stereocenters. The van der Waals surface area contributed by atoms with Gasteiger partial charge in [0.1, 0.15) is 0 Å². The van der Waals surface area contributed by atoms with Crippen molar-refractivity contribution in [1.82, 2.24) is 9.78 Å². The van der Waals surface area contributed by atoms with E-state index in [1.54, 1.807) is 23.0 Å². The average molecular weight is 201 g/mol. The Morgan fingerprint density at radius 2 is 2.20 bits per heavy atom. The van der Waals surface area contributed by atoms with E-state index in [2.05, 4.69) is 5.10 Å². The minimum absolute atomic E-state index is 0.416. The number of benzene rings is 1. The maximum Gasteiger partial charge on any atom is 0.248 e. The lowest BCUT2D eigenvalue weighted by Gasteiger charge is -1.99. The van der Waals surface area contributed by atoms with Gasteiger partial charge in [0.05, 0.1) is 6.20 Å². The Morgan fingerprint density at radius 1 is 1.40 bits per heavy atom. The van der Waals surface area contributed by atoms with Gasteiger partial charge < -0.3 is 5.73 Å². The minimum Gasteiger partial charge on any atom is -0.366 e. The number of nitrogens with two attached hydrogens (primary N) is 1. The van der Waals surface area contributed by atoms with E-state index in [9.17, 15) is 4.79 Å². The number of hydrogen-bond acceptors (Lipinski definition) is 2. The number of hydrogen-bond donors (Lipinski definition) is 1. The van der Waals surface area contributed by atoms with Crippen LogP contribution in [0.25, 0.3) is 11.1 Å². The van der Waals surface area contributed by atoms with Gasteiger partial charge in [0.15, 0.2) is 0 Å². The second-order valence-electron chi connectivity index (χ2n) is 3.35. The molecule has 1 heterocycles. The smallest absolute Gasteiger partial charge is 0.248 e. The molecule has 76 valence electrons. The van der Waals surface area contributed by atoms with Crippen molar-refractivity contribution in [2.45, 2.75) is 0 Å². The number of carbonyl (C=O) groups excluding carboxylic acids is 1. The molecule has 15 heavy (non-hydrogen) atoms. The molecule has 2 rings (SSSR count). The number of rotatable bonds is 2. The van der Waals surface area contributed by atoms with Crippen LogP contribution in [0.4, 0.5) is 0 Å². The molecule has 0 aliphatic rings. The van der Waals surface area contributed by atoms with Crippen LogP contribution in [-0.2, 0) is 7.05 Å². The minimum atomic E-state index is -0.416. The summed E-state index contributed by atoms with van der Waals surface area (Å²) in [5.41, 5.74) is 7.63. The van der Waals surface area contributed by atoms with Gasteiger partial charge >= 0.3 is 0 Å². The molecule has 0 unspecified atom stereocenters. The summed E-state index contributed by atoms with van der Waals surface area (Å²) in [6, 6.07) is 7.19. The third-order valence-corrected chi connectivity index (χ3v) is 2.19. The van der Waals surface area contributed by atoms with Gasteiger partial charge in [0.2, 0.25) is 5.91 Å². The normalized spacial score (nSPS) is 10.2. The van der Waals surface area contributed by atoms with Crippen LogP contribution in [0.1, 0.15) is 10.4 Å². The second-order valence-corrected chi connectivity index (χ2v) is 3.35. The van der Waals surface area contributed by atoms with E-state index in [0.717, 1.165) is 11.1 Å². The van der Waals surface area contributed by atoms with Crippen molar-refractivity contribution >= 4 is 5.91 Å². The van der Waals surface area contributed by atoms with Crippen molar-refractivity contribution in [2.24, 2.45) is 12.8 Å². The van der Waals surface area contributed by atoms with E-state index in [-0.39, 0.29) is 0 Å². The fraction of sp³-hybridized carbons (Fsp3) is 0.0909. The van der Waals surface area contributed by atoms with Gasteiger partial charge in [-0.3, -0.25) is 9.48 Å². The Hall–Kier alpha value is -2.10. The second kappa shape index (κ2) is 3.57. The molecule has 0 saturated heterocycles. The van der Waals surface area contributed by atoms with Gasteiger partial charge in [-0.25, -0.2) is 0 Å². The first-order valence-electron chi connectivity index (χ1n) is 4.56. The lowest BCUT2D eigenvalue weighted by atomic mass is 10.1. The van der Waals surface area contributed by atoms with Crippen molar-refractivity contribution in [3.63, 3.8) is 0 Å². The molecular weight excluding hydrogens is 190 g/mol. The zero-order chi connectivity index (χ0) is 10.8. The fourth-order valence-electron chi connectivity index (χ4n) is 1.42. The van der Waals surface area contributed by atoms with Crippen LogP contribution in [-0.4, -0.2) is 15.7 Å². The molecule has 2 N–H and O–H groups in total. The molecule has 1 aromatic carbocycles. The predicted octanol–water partition coefficient (Wildman–Crippen LogP) is 1.19. The summed E-state index contributed by atoms with van der Waals surface area (Å²) in [7, 11) is 1.85. The standard InChI is InChI=1S/C11H11N3O/c1-14-7-10(6-13-14)8-3-2-4-9(5-8)11(12)15/h2-7H,1H3,(H2,12,15). The van der Waals surface area contributed by atoms with Gasteiger partial charge in [0.25, 0.3) is 0 Å². The Morgan fingerprint density at radius 3 is 2.80 bits per heavy atom. The molecule has 2 aromatic rings. The first-order valence-corrected chi connectivity index (χ1v) is 4.56. The van der Waals surface area contributed by atoms with Crippen LogP contribution in [0, 0.1) is 0 Å². The average Bonchev–Trinajstić information content (AvgIpc) is 2.65. The number of carbonyl (C=O) groups is 1. The SMILES string of the molecule is Cn1cc(-c2cccc(C(N)=O)c2)cn1. The van der Waals surface area contributed by atoms with E-state index in [1.807, 2.05) is 25.4 Å². The van der Waals surface area contributed by atoms with Crippen LogP contribution in [0.2, 0.25) is 0 Å². The summed E-state index contributed by atoms with van der Waals surface area (Å²) in [4.78, 5) is 11.0. The summed E-state index contributed by atoms with van der Waals surface area (Å²) in [5, 5.41) is 4.07. The van der Waals surface area contributed by atoms with Gasteiger partial charge in [-0.1, -0.05) is 12.1 Å². The molecule has 4 heteroatoms. The molecule has 0 fully saturated rings. The highest BCUT2D eigenvalue weighted by atomic mass is 16.1. The summed E-state index contributed by atoms with van der Waals surface area (Å²) in [6.07, 6.45) is 3.64. The topological polar surface area (TPSA) is 60.9 Å². The molecule has 0 aliphatic heterocycles. The summed E-state index contributed by atoms with van der Waals surface area (Å²) >= 11 is 0.